The summed E-state index contributed by atoms with van der Waals surface area (Å²) in [5.41, 5.74) is 4.15. The lowest BCUT2D eigenvalue weighted by atomic mass is 9.59. The van der Waals surface area contributed by atoms with E-state index in [1.165, 1.54) is 30.2 Å². The van der Waals surface area contributed by atoms with Crippen LogP contribution in [-0.4, -0.2) is 110 Å². The van der Waals surface area contributed by atoms with E-state index in [-0.39, 0.29) is 28.5 Å². The molecule has 1 aliphatic carbocycles. The molecule has 4 fully saturated rings. The highest BCUT2D eigenvalue weighted by Crippen LogP contribution is 2.53. The molecular weight excluding hydrogens is 835 g/mol. The zero-order valence-electron chi connectivity index (χ0n) is 36.7. The van der Waals surface area contributed by atoms with Crippen molar-refractivity contribution in [1.82, 2.24) is 29.5 Å². The lowest BCUT2D eigenvalue weighted by Crippen LogP contribution is -2.59. The average Bonchev–Trinajstić information content (AvgIpc) is 3.76. The summed E-state index contributed by atoms with van der Waals surface area (Å²) >= 11 is 0. The fourth-order valence-electron chi connectivity index (χ4n) is 10.2. The maximum atomic E-state index is 14.0. The number of piperazine rings is 1. The molecule has 9 rings (SSSR count). The number of benzene rings is 2. The van der Waals surface area contributed by atoms with Gasteiger partial charge in [0.1, 0.15) is 22.0 Å². The van der Waals surface area contributed by atoms with Gasteiger partial charge in [-0.05, 0) is 98.2 Å². The molecule has 5 aromatic rings. The maximum Gasteiger partial charge on any atom is 0.312 e. The first kappa shape index (κ1) is 43.6. The Balaban J connectivity index is 0.907. The lowest BCUT2D eigenvalue weighted by Gasteiger charge is -2.58. The number of hydrogen-bond acceptors (Lipinski definition) is 13. The number of aromatic amines is 1. The standard InChI is InChI=1S/C47H57N9O7S/c1-31(2)38-6-4-5-7-39(38)42-30-53(3)18-19-55(42)35-25-47(26-35)13-16-54(17-14-47)34-8-9-40(43(23-34)63-36-22-33-10-15-48-44(33)50-28-36)46(57)52-64(60,61)37-24-41(56(58)59)45(51-29-37)49-27-32-11-20-62-21-12-32/h4-10,15,22-24,28-29,31-32,35,42H,11-14,16-21,25-27,30H2,1-3H3,(H,48,50)(H,49,51)(H,52,57)/t42-/m0/s1. The quantitative estimate of drug-likeness (QED) is 0.0781. The van der Waals surface area contributed by atoms with Gasteiger partial charge in [-0.3, -0.25) is 19.8 Å². The van der Waals surface area contributed by atoms with Crippen LogP contribution in [0.2, 0.25) is 0 Å². The molecule has 1 spiro atoms. The first-order valence-corrected chi connectivity index (χ1v) is 23.9. The van der Waals surface area contributed by atoms with Crippen molar-refractivity contribution in [2.75, 3.05) is 69.7 Å². The third-order valence-electron chi connectivity index (χ3n) is 13.9. The van der Waals surface area contributed by atoms with E-state index < -0.39 is 31.4 Å². The second kappa shape index (κ2) is 18.1. The zero-order chi connectivity index (χ0) is 44.6. The predicted octanol–water partition coefficient (Wildman–Crippen LogP) is 7.48. The highest BCUT2D eigenvalue weighted by Gasteiger charge is 2.50. The van der Waals surface area contributed by atoms with Gasteiger partial charge in [-0.15, -0.1) is 0 Å². The Kier molecular flexibility index (Phi) is 12.3. The van der Waals surface area contributed by atoms with Crippen molar-refractivity contribution >= 4 is 44.2 Å². The Morgan fingerprint density at radius 2 is 1.80 bits per heavy atom. The largest absolute Gasteiger partial charge is 0.455 e. The van der Waals surface area contributed by atoms with Crippen LogP contribution < -0.4 is 19.7 Å². The molecule has 338 valence electrons. The Bertz CT molecular complexity index is 2620. The number of carbonyl (C=O) groups is 1. The second-order valence-electron chi connectivity index (χ2n) is 18.4. The molecule has 2 aromatic carbocycles. The van der Waals surface area contributed by atoms with Crippen LogP contribution in [0, 0.1) is 21.4 Å². The number of nitrogens with zero attached hydrogens (tertiary/aromatic N) is 6. The molecular formula is C47H57N9O7S. The van der Waals surface area contributed by atoms with Gasteiger partial charge < -0.3 is 29.6 Å². The first-order valence-electron chi connectivity index (χ1n) is 22.4. The molecule has 1 saturated carbocycles. The van der Waals surface area contributed by atoms with E-state index in [2.05, 4.69) is 84.9 Å². The lowest BCUT2D eigenvalue weighted by molar-refractivity contribution is -0.384. The van der Waals surface area contributed by atoms with E-state index >= 15 is 0 Å². The highest BCUT2D eigenvalue weighted by atomic mass is 32.2. The molecule has 3 aliphatic heterocycles. The SMILES string of the molecule is CC(C)c1ccccc1[C@@H]1CN(C)CCN1C1CC2(CCN(c3ccc(C(=O)NS(=O)(=O)c4cnc(NCC5CCOCC5)c([N+](=O)[O-])c4)c(Oc4cnc5[nH]ccc5c4)c3)CC2)C1. The van der Waals surface area contributed by atoms with Crippen molar-refractivity contribution in [3.05, 3.63) is 106 Å². The second-order valence-corrected chi connectivity index (χ2v) is 20.1. The topological polar surface area (TPSA) is 188 Å². The summed E-state index contributed by atoms with van der Waals surface area (Å²) in [4.78, 5) is 44.0. The fraction of sp³-hybridized carbons (Fsp3) is 0.468. The number of anilines is 2. The molecule has 3 saturated heterocycles. The predicted molar refractivity (Wildman–Crippen MR) is 245 cm³/mol. The van der Waals surface area contributed by atoms with Crippen molar-refractivity contribution in [2.24, 2.45) is 11.3 Å². The van der Waals surface area contributed by atoms with Crippen LogP contribution in [-0.2, 0) is 14.8 Å². The number of aromatic nitrogens is 3. The Hall–Kier alpha value is -5.62. The number of fused-ring (bicyclic) bond motifs is 1. The van der Waals surface area contributed by atoms with Crippen LogP contribution in [0.3, 0.4) is 0 Å². The van der Waals surface area contributed by atoms with Gasteiger partial charge in [0.25, 0.3) is 15.9 Å². The molecule has 1 amide bonds. The monoisotopic (exact) mass is 891 g/mol. The van der Waals surface area contributed by atoms with E-state index in [1.807, 2.05) is 12.1 Å². The summed E-state index contributed by atoms with van der Waals surface area (Å²) in [5, 5.41) is 15.9. The molecule has 16 nitrogen and oxygen atoms in total. The smallest absolute Gasteiger partial charge is 0.312 e. The molecule has 64 heavy (non-hydrogen) atoms. The third kappa shape index (κ3) is 9.16. The van der Waals surface area contributed by atoms with E-state index in [9.17, 15) is 23.3 Å². The van der Waals surface area contributed by atoms with E-state index in [0.717, 1.165) is 81.7 Å². The minimum Gasteiger partial charge on any atom is -0.455 e. The summed E-state index contributed by atoms with van der Waals surface area (Å²) < 4.78 is 41.2. The number of amides is 1. The van der Waals surface area contributed by atoms with Crippen LogP contribution in [0.1, 0.15) is 85.8 Å². The van der Waals surface area contributed by atoms with E-state index in [1.54, 1.807) is 24.4 Å². The number of sulfonamides is 1. The number of H-pyrrole nitrogens is 1. The van der Waals surface area contributed by atoms with Gasteiger partial charge in [-0.25, -0.2) is 23.1 Å². The molecule has 0 radical (unpaired) electrons. The van der Waals surface area contributed by atoms with Gasteiger partial charge in [0, 0.05) is 94.0 Å². The molecule has 6 heterocycles. The molecule has 3 aromatic heterocycles. The van der Waals surface area contributed by atoms with Crippen molar-refractivity contribution in [2.45, 2.75) is 75.3 Å². The summed E-state index contributed by atoms with van der Waals surface area (Å²) in [6.45, 7) is 11.0. The Morgan fingerprint density at radius 3 is 2.56 bits per heavy atom. The zero-order valence-corrected chi connectivity index (χ0v) is 37.5. The molecule has 3 N–H and O–H groups in total. The number of nitro groups is 1. The van der Waals surface area contributed by atoms with Gasteiger partial charge in [0.15, 0.2) is 0 Å². The maximum absolute atomic E-state index is 14.0. The first-order chi connectivity index (χ1) is 30.8. The van der Waals surface area contributed by atoms with Gasteiger partial charge in [-0.2, -0.15) is 0 Å². The number of nitrogens with one attached hydrogen (secondary N) is 3. The minimum absolute atomic E-state index is 0.0326. The van der Waals surface area contributed by atoms with Crippen LogP contribution in [0.15, 0.2) is 84.1 Å². The van der Waals surface area contributed by atoms with Crippen molar-refractivity contribution in [3.63, 3.8) is 0 Å². The Labute approximate surface area is 373 Å². The number of rotatable bonds is 13. The molecule has 17 heteroatoms. The van der Waals surface area contributed by atoms with Crippen molar-refractivity contribution < 1.29 is 27.6 Å². The summed E-state index contributed by atoms with van der Waals surface area (Å²) in [5.74, 6) is 0.201. The van der Waals surface area contributed by atoms with E-state index in [4.69, 9.17) is 9.47 Å². The molecule has 1 atom stereocenters. The van der Waals surface area contributed by atoms with Crippen molar-refractivity contribution in [3.8, 4) is 11.5 Å². The van der Waals surface area contributed by atoms with Crippen LogP contribution in [0.5, 0.6) is 11.5 Å². The Morgan fingerprint density at radius 1 is 1.02 bits per heavy atom. The van der Waals surface area contributed by atoms with Gasteiger partial charge in [-0.1, -0.05) is 38.1 Å². The molecule has 4 aliphatic rings. The molecule has 0 bridgehead atoms. The fourth-order valence-corrected chi connectivity index (χ4v) is 11.1. The van der Waals surface area contributed by atoms with Gasteiger partial charge in [0.2, 0.25) is 5.82 Å². The summed E-state index contributed by atoms with van der Waals surface area (Å²) in [7, 11) is -2.37. The molecule has 0 unspecified atom stereocenters. The van der Waals surface area contributed by atoms with Crippen LogP contribution >= 0.6 is 0 Å². The van der Waals surface area contributed by atoms with Crippen molar-refractivity contribution in [1.29, 1.82) is 0 Å². The minimum atomic E-state index is -4.61. The number of ether oxygens (including phenoxy) is 2. The summed E-state index contributed by atoms with van der Waals surface area (Å²) in [6, 6.07) is 19.6. The third-order valence-corrected chi connectivity index (χ3v) is 15.2. The van der Waals surface area contributed by atoms with Crippen LogP contribution in [0.25, 0.3) is 11.0 Å². The van der Waals surface area contributed by atoms with Gasteiger partial charge in [0.05, 0.1) is 22.9 Å². The average molecular weight is 892 g/mol. The number of piperidine rings is 1. The van der Waals surface area contributed by atoms with Crippen LogP contribution in [0.4, 0.5) is 17.2 Å². The number of pyridine rings is 2. The summed E-state index contributed by atoms with van der Waals surface area (Å²) in [6.07, 6.45) is 10.4. The number of likely N-dealkylation sites (N-methyl/N-ethyl adjacent to an activating group) is 1. The number of hydrogen-bond donors (Lipinski definition) is 3. The normalized spacial score (nSPS) is 20.1. The number of carbonyl (C=O) groups excluding carboxylic acids is 1. The highest BCUT2D eigenvalue weighted by molar-refractivity contribution is 7.90. The van der Waals surface area contributed by atoms with Gasteiger partial charge >= 0.3 is 5.69 Å². The van der Waals surface area contributed by atoms with E-state index in [0.29, 0.717) is 49.2 Å².